The Morgan fingerprint density at radius 1 is 2.00 bits per heavy atom. The molecular formula is C2H3BOS. The summed E-state index contributed by atoms with van der Waals surface area (Å²) in [6.45, 7) is 3.23. The zero-order chi connectivity index (χ0) is 4.12. The van der Waals surface area contributed by atoms with Crippen LogP contribution in [0, 0.1) is 0 Å². The molecular weight excluding hydrogens is 82.9 g/mol. The molecule has 0 saturated carbocycles. The van der Waals surface area contributed by atoms with E-state index in [4.69, 9.17) is 7.12 Å². The fourth-order valence-electron chi connectivity index (χ4n) is 0.0393. The average molecular weight is 85.9 g/mol. The maximum absolute atomic E-state index is 4.76. The highest BCUT2D eigenvalue weighted by molar-refractivity contribution is 8.15. The van der Waals surface area contributed by atoms with E-state index in [0.717, 1.165) is 11.9 Å². The third-order valence-electron chi connectivity index (χ3n) is 0.124. The molecule has 26 valence electrons. The Kier molecular flexibility index (Phi) is 3.92. The van der Waals surface area contributed by atoms with Crippen molar-refractivity contribution in [3.8, 4) is 0 Å². The minimum atomic E-state index is 0.784. The molecule has 0 amide bonds. The Labute approximate surface area is 36.9 Å². The smallest absolute Gasteiger partial charge is 0.222 e. The second kappa shape index (κ2) is 3.95. The van der Waals surface area contributed by atoms with E-state index in [1.807, 2.05) is 0 Å². The Morgan fingerprint density at radius 3 is 2.60 bits per heavy atom. The maximum atomic E-state index is 4.76. The van der Waals surface area contributed by atoms with Crippen LogP contribution in [-0.2, 0) is 4.18 Å². The third kappa shape index (κ3) is 3.95. The molecule has 0 atom stereocenters. The van der Waals surface area contributed by atoms with Gasteiger partial charge in [-0.1, -0.05) is 6.58 Å². The van der Waals surface area contributed by atoms with Crippen molar-refractivity contribution in [3.05, 3.63) is 12.8 Å². The van der Waals surface area contributed by atoms with Gasteiger partial charge < -0.3 is 4.18 Å². The van der Waals surface area contributed by atoms with Gasteiger partial charge in [0, 0.05) is 0 Å². The molecule has 5 heavy (non-hydrogen) atoms. The molecule has 0 aromatic rings. The first-order chi connectivity index (χ1) is 2.41. The topological polar surface area (TPSA) is 9.23 Å². The Morgan fingerprint density at radius 2 is 2.60 bits per heavy atom. The molecule has 1 nitrogen and oxygen atoms in total. The first-order valence-corrected chi connectivity index (χ1v) is 1.85. The van der Waals surface area contributed by atoms with Gasteiger partial charge in [0.25, 0.3) is 0 Å². The average Bonchev–Trinajstić information content (AvgIpc) is 1.41. The van der Waals surface area contributed by atoms with Crippen molar-refractivity contribution >= 4 is 19.0 Å². The van der Waals surface area contributed by atoms with Crippen molar-refractivity contribution in [2.24, 2.45) is 0 Å². The maximum Gasteiger partial charge on any atom is 0.222 e. The van der Waals surface area contributed by atoms with Gasteiger partial charge in [0.05, 0.1) is 6.26 Å². The van der Waals surface area contributed by atoms with Crippen LogP contribution in [0.2, 0.25) is 0 Å². The van der Waals surface area contributed by atoms with Crippen molar-refractivity contribution in [3.63, 3.8) is 0 Å². The van der Waals surface area contributed by atoms with E-state index in [9.17, 15) is 0 Å². The molecule has 0 aliphatic carbocycles. The van der Waals surface area contributed by atoms with Crippen LogP contribution in [0.1, 0.15) is 0 Å². The molecule has 0 spiro atoms. The molecule has 0 heterocycles. The summed E-state index contributed by atoms with van der Waals surface area (Å²) in [6, 6.07) is 0. The quantitative estimate of drug-likeness (QED) is 0.280. The minimum absolute atomic E-state index is 0.784. The van der Waals surface area contributed by atoms with E-state index in [1.165, 1.54) is 6.26 Å². The molecule has 0 N–H and O–H groups in total. The molecule has 0 rings (SSSR count). The van der Waals surface area contributed by atoms with Gasteiger partial charge in [0.1, 0.15) is 0 Å². The van der Waals surface area contributed by atoms with Crippen LogP contribution in [0.3, 0.4) is 0 Å². The first-order valence-electron chi connectivity index (χ1n) is 1.05. The standard InChI is InChI=1S/C2H3BOS/c1-2-4-5-3/h2H,1H2. The van der Waals surface area contributed by atoms with Crippen LogP contribution in [0.4, 0.5) is 0 Å². The Balaban J connectivity index is 2.40. The molecule has 0 bridgehead atoms. The Bertz CT molecular complexity index is 30.8. The molecule has 0 aromatic heterocycles. The van der Waals surface area contributed by atoms with Crippen LogP contribution >= 0.6 is 11.9 Å². The van der Waals surface area contributed by atoms with E-state index < -0.39 is 0 Å². The third-order valence-corrected chi connectivity index (χ3v) is 0.371. The summed E-state index contributed by atoms with van der Waals surface area (Å²) in [5.41, 5.74) is 0. The molecule has 0 unspecified atom stereocenters. The van der Waals surface area contributed by atoms with Gasteiger partial charge in [-0.05, 0) is 11.9 Å². The van der Waals surface area contributed by atoms with Crippen LogP contribution in [0.15, 0.2) is 12.8 Å². The lowest BCUT2D eigenvalue weighted by molar-refractivity contribution is 0.577. The van der Waals surface area contributed by atoms with E-state index in [1.54, 1.807) is 0 Å². The van der Waals surface area contributed by atoms with Crippen molar-refractivity contribution in [1.82, 2.24) is 0 Å². The van der Waals surface area contributed by atoms with E-state index in [0.29, 0.717) is 0 Å². The van der Waals surface area contributed by atoms with Crippen LogP contribution < -0.4 is 0 Å². The summed E-state index contributed by atoms with van der Waals surface area (Å²) < 4.78 is 4.29. The van der Waals surface area contributed by atoms with Crippen LogP contribution in [0.5, 0.6) is 0 Å². The first kappa shape index (κ1) is 4.95. The predicted octanol–water partition coefficient (Wildman–Crippen LogP) is 0.878. The summed E-state index contributed by atoms with van der Waals surface area (Å²) in [5, 5.41) is 0. The van der Waals surface area contributed by atoms with Gasteiger partial charge >= 0.3 is 0 Å². The normalized spacial score (nSPS) is 6.40. The van der Waals surface area contributed by atoms with Crippen LogP contribution in [-0.4, -0.2) is 7.12 Å². The van der Waals surface area contributed by atoms with Crippen molar-refractivity contribution in [2.75, 3.05) is 0 Å². The predicted molar refractivity (Wildman–Crippen MR) is 24.6 cm³/mol. The molecule has 0 saturated heterocycles. The number of hydrogen-bond acceptors (Lipinski definition) is 2. The number of hydrogen-bond donors (Lipinski definition) is 0. The highest BCUT2D eigenvalue weighted by Gasteiger charge is 1.57. The van der Waals surface area contributed by atoms with E-state index in [2.05, 4.69) is 10.8 Å². The molecule has 2 radical (unpaired) electrons. The number of rotatable bonds is 2. The second-order valence-electron chi connectivity index (χ2n) is 0.359. The van der Waals surface area contributed by atoms with Crippen molar-refractivity contribution in [2.45, 2.75) is 0 Å². The van der Waals surface area contributed by atoms with Crippen LogP contribution in [0.25, 0.3) is 0 Å². The zero-order valence-electron chi connectivity index (χ0n) is 2.68. The second-order valence-corrected chi connectivity index (χ2v) is 0.744. The highest BCUT2D eigenvalue weighted by atomic mass is 32.2. The zero-order valence-corrected chi connectivity index (χ0v) is 3.49. The van der Waals surface area contributed by atoms with E-state index in [-0.39, 0.29) is 0 Å². The van der Waals surface area contributed by atoms with Crippen molar-refractivity contribution < 1.29 is 4.18 Å². The summed E-state index contributed by atoms with van der Waals surface area (Å²) in [7, 11) is 4.76. The summed E-state index contributed by atoms with van der Waals surface area (Å²) in [4.78, 5) is 0. The highest BCUT2D eigenvalue weighted by Crippen LogP contribution is 1.89. The SMILES string of the molecule is [B]SOC=C. The van der Waals surface area contributed by atoms with E-state index >= 15 is 0 Å². The van der Waals surface area contributed by atoms with Gasteiger partial charge in [-0.3, -0.25) is 0 Å². The minimum Gasteiger partial charge on any atom is -0.448 e. The molecule has 3 heteroatoms. The van der Waals surface area contributed by atoms with Gasteiger partial charge in [-0.2, -0.15) is 0 Å². The molecule has 0 aromatic carbocycles. The molecule has 0 aliphatic heterocycles. The largest absolute Gasteiger partial charge is 0.448 e. The summed E-state index contributed by atoms with van der Waals surface area (Å²) in [6.07, 6.45) is 1.27. The van der Waals surface area contributed by atoms with Gasteiger partial charge in [0.15, 0.2) is 0 Å². The van der Waals surface area contributed by atoms with Crippen molar-refractivity contribution in [1.29, 1.82) is 0 Å². The van der Waals surface area contributed by atoms with Gasteiger partial charge in [0.2, 0.25) is 7.12 Å². The monoisotopic (exact) mass is 86.0 g/mol. The summed E-state index contributed by atoms with van der Waals surface area (Å²) in [5.74, 6) is 0. The lowest BCUT2D eigenvalue weighted by Crippen LogP contribution is -1.54. The summed E-state index contributed by atoms with van der Waals surface area (Å²) >= 11 is 0.784. The van der Waals surface area contributed by atoms with Gasteiger partial charge in [-0.25, -0.2) is 0 Å². The molecule has 0 aliphatic rings. The Hall–Kier alpha value is -0.0451. The lowest BCUT2D eigenvalue weighted by Gasteiger charge is -1.82. The van der Waals surface area contributed by atoms with Gasteiger partial charge in [-0.15, -0.1) is 0 Å². The fraction of sp³-hybridized carbons (Fsp3) is 0. The fourth-order valence-corrected chi connectivity index (χ4v) is 0.118. The lowest BCUT2D eigenvalue weighted by atomic mass is 10.8. The molecule has 0 fully saturated rings.